The van der Waals surface area contributed by atoms with Gasteiger partial charge in [0.2, 0.25) is 15.9 Å². The Balaban J connectivity index is 0.852. The molecule has 3 aliphatic heterocycles. The van der Waals surface area contributed by atoms with Gasteiger partial charge in [-0.2, -0.15) is 9.40 Å². The van der Waals surface area contributed by atoms with Crippen molar-refractivity contribution in [2.45, 2.75) is 88.6 Å². The Morgan fingerprint density at radius 2 is 1.74 bits per heavy atom. The van der Waals surface area contributed by atoms with Crippen molar-refractivity contribution < 1.29 is 42.5 Å². The van der Waals surface area contributed by atoms with E-state index in [2.05, 4.69) is 34.7 Å². The minimum Gasteiger partial charge on any atom is -0.479 e. The number of nitrogens with one attached hydrogen (secondary N) is 3. The van der Waals surface area contributed by atoms with E-state index >= 15 is 0 Å². The molecule has 0 radical (unpaired) electrons. The molecule has 3 fully saturated rings. The van der Waals surface area contributed by atoms with Crippen LogP contribution < -0.4 is 20.7 Å². The number of hydrogen-bond acceptors (Lipinski definition) is 10. The van der Waals surface area contributed by atoms with Crippen LogP contribution in [0.2, 0.25) is 5.02 Å². The van der Waals surface area contributed by atoms with Gasteiger partial charge in [-0.25, -0.2) is 22.8 Å². The number of allylic oxidation sites excluding steroid dienone is 1. The first kappa shape index (κ1) is 46.6. The predicted molar refractivity (Wildman–Crippen MR) is 254 cm³/mol. The molecule has 0 spiro atoms. The fourth-order valence-corrected chi connectivity index (χ4v) is 12.8. The maximum atomic E-state index is 14.0. The van der Waals surface area contributed by atoms with Crippen LogP contribution in [0.25, 0.3) is 21.3 Å². The number of hydrogen-bond donors (Lipinski definition) is 5. The summed E-state index contributed by atoms with van der Waals surface area (Å²) >= 11 is 7.41. The molecule has 66 heavy (non-hydrogen) atoms. The summed E-state index contributed by atoms with van der Waals surface area (Å²) in [6.07, 6.45) is 3.94. The SMILES string of the molecule is C=C1CCC(n2nc(C)c3cc(C4CCN(C(=O)Nc5cccc(CS(=O)(=O)N6CC[C@H](Nc7cccc(-c8sc(C(=O)O)c(OCC(=O)O)c8Cl)c7)CC6(C)C)c5)CC4)ccc32)C(=O)N1. The predicted octanol–water partition coefficient (Wildman–Crippen LogP) is 8.45. The molecular formula is C47H52ClN7O9S2. The second kappa shape index (κ2) is 18.7. The molecule has 2 aromatic heterocycles. The number of aromatic carboxylic acids is 1. The Morgan fingerprint density at radius 1 is 1.00 bits per heavy atom. The quantitative estimate of drug-likeness (QED) is 0.0755. The number of urea groups is 1. The molecule has 3 aromatic carbocycles. The number of rotatable bonds is 13. The van der Waals surface area contributed by atoms with Gasteiger partial charge in [-0.05, 0) is 118 Å². The molecule has 8 rings (SSSR count). The molecule has 19 heteroatoms. The Bertz CT molecular complexity index is 2850. The van der Waals surface area contributed by atoms with Crippen LogP contribution in [-0.4, -0.2) is 99.3 Å². The highest BCUT2D eigenvalue weighted by molar-refractivity contribution is 7.88. The number of aliphatic carboxylic acids is 1. The summed E-state index contributed by atoms with van der Waals surface area (Å²) in [6, 6.07) is 19.8. The minimum atomic E-state index is -3.78. The molecule has 3 aliphatic rings. The molecule has 5 heterocycles. The number of carbonyl (C=O) groups excluding carboxylic acids is 2. The highest BCUT2D eigenvalue weighted by Gasteiger charge is 2.42. The van der Waals surface area contributed by atoms with Crippen LogP contribution in [0.4, 0.5) is 16.2 Å². The third kappa shape index (κ3) is 9.91. The van der Waals surface area contributed by atoms with E-state index in [1.165, 1.54) is 5.56 Å². The standard InChI is InChI=1S/C47H52ClN7O9S2/c1-27-11-13-38(44(58)49-27)55-37-14-12-31(23-36(37)28(2)52-55)30-15-18-53(19-16-30)46(61)51-33-9-5-7-29(21-33)26-66(62,63)54-20-17-35(24-47(54,3)4)50-34-10-6-8-32(22-34)42-40(48)41(64-25-39(56)57)43(65-42)45(59)60/h5-10,12,14,21-23,30,35,38,50H,1,11,13,15-20,24-26H2,2-4H3,(H,49,58)(H,51,61)(H,56,57)(H,59,60)/t35-,38?/m0/s1. The second-order valence-corrected chi connectivity index (χ2v) is 21.1. The van der Waals surface area contributed by atoms with Crippen molar-refractivity contribution >= 4 is 79.1 Å². The molecule has 0 saturated carbocycles. The van der Waals surface area contributed by atoms with Crippen LogP contribution in [0.15, 0.2) is 79.0 Å². The Hall–Kier alpha value is -5.95. The van der Waals surface area contributed by atoms with Gasteiger partial charge in [0.25, 0.3) is 0 Å². The number of halogens is 1. The first-order chi connectivity index (χ1) is 31.4. The monoisotopic (exact) mass is 957 g/mol. The van der Waals surface area contributed by atoms with Crippen LogP contribution in [0.3, 0.4) is 0 Å². The van der Waals surface area contributed by atoms with Crippen molar-refractivity contribution in [3.8, 4) is 16.2 Å². The number of benzene rings is 3. The number of aromatic nitrogens is 2. The zero-order valence-corrected chi connectivity index (χ0v) is 39.2. The van der Waals surface area contributed by atoms with Gasteiger partial charge in [0.15, 0.2) is 17.2 Å². The lowest BCUT2D eigenvalue weighted by Gasteiger charge is -2.45. The van der Waals surface area contributed by atoms with Gasteiger partial charge in [-0.15, -0.1) is 11.3 Å². The molecule has 3 saturated heterocycles. The number of aryl methyl sites for hydroxylation is 1. The van der Waals surface area contributed by atoms with Gasteiger partial charge < -0.3 is 35.8 Å². The van der Waals surface area contributed by atoms with Gasteiger partial charge in [-0.1, -0.05) is 48.5 Å². The molecule has 16 nitrogen and oxygen atoms in total. The third-order valence-electron chi connectivity index (χ3n) is 12.6. The van der Waals surface area contributed by atoms with Gasteiger partial charge in [0.1, 0.15) is 11.1 Å². The summed E-state index contributed by atoms with van der Waals surface area (Å²) in [5, 5.41) is 33.9. The number of carboxylic acids is 2. The number of nitrogens with zero attached hydrogens (tertiary/aromatic N) is 4. The molecule has 1 unspecified atom stereocenters. The van der Waals surface area contributed by atoms with Crippen LogP contribution in [0.5, 0.6) is 5.75 Å². The van der Waals surface area contributed by atoms with E-state index < -0.39 is 34.1 Å². The first-order valence-corrected chi connectivity index (χ1v) is 24.6. The summed E-state index contributed by atoms with van der Waals surface area (Å²) in [5.41, 5.74) is 5.34. The molecule has 0 bridgehead atoms. The van der Waals surface area contributed by atoms with Crippen molar-refractivity contribution in [2.24, 2.45) is 0 Å². The highest BCUT2D eigenvalue weighted by Crippen LogP contribution is 2.46. The average Bonchev–Trinajstić information content (AvgIpc) is 3.77. The number of ether oxygens (including phenoxy) is 1. The third-order valence-corrected chi connectivity index (χ3v) is 16.3. The first-order valence-electron chi connectivity index (χ1n) is 21.8. The molecule has 2 atom stereocenters. The number of amides is 3. The average molecular weight is 959 g/mol. The molecule has 5 aromatic rings. The van der Waals surface area contributed by atoms with Crippen molar-refractivity contribution in [3.63, 3.8) is 0 Å². The molecular weight excluding hydrogens is 906 g/mol. The Kier molecular flexibility index (Phi) is 13.2. The van der Waals surface area contributed by atoms with E-state index in [4.69, 9.17) is 26.5 Å². The lowest BCUT2D eigenvalue weighted by atomic mass is 9.88. The van der Waals surface area contributed by atoms with E-state index in [9.17, 15) is 32.7 Å². The number of thiophene rings is 1. The van der Waals surface area contributed by atoms with Crippen LogP contribution in [0.1, 0.15) is 90.8 Å². The van der Waals surface area contributed by atoms with Gasteiger partial charge in [-0.3, -0.25) is 9.48 Å². The minimum absolute atomic E-state index is 0.00658. The van der Waals surface area contributed by atoms with E-state index in [1.54, 1.807) is 45.6 Å². The number of anilines is 2. The fraction of sp³-hybridized carbons (Fsp3) is 0.383. The summed E-state index contributed by atoms with van der Waals surface area (Å²) in [4.78, 5) is 51.2. The highest BCUT2D eigenvalue weighted by atomic mass is 35.5. The van der Waals surface area contributed by atoms with Gasteiger partial charge in [0.05, 0.1) is 21.8 Å². The fourth-order valence-electron chi connectivity index (χ4n) is 9.44. The Labute approximate surface area is 391 Å². The molecule has 348 valence electrons. The van der Waals surface area contributed by atoms with Crippen molar-refractivity contribution in [1.29, 1.82) is 0 Å². The topological polar surface area (TPSA) is 212 Å². The molecule has 0 aliphatic carbocycles. The number of carbonyl (C=O) groups is 4. The maximum Gasteiger partial charge on any atom is 0.349 e. The summed E-state index contributed by atoms with van der Waals surface area (Å²) < 4.78 is 36.7. The van der Waals surface area contributed by atoms with Crippen molar-refractivity contribution in [2.75, 3.05) is 36.9 Å². The van der Waals surface area contributed by atoms with Gasteiger partial charge >= 0.3 is 18.0 Å². The second-order valence-electron chi connectivity index (χ2n) is 17.8. The smallest absolute Gasteiger partial charge is 0.349 e. The van der Waals surface area contributed by atoms with E-state index in [0.717, 1.165) is 52.2 Å². The van der Waals surface area contributed by atoms with Gasteiger partial charge in [0, 0.05) is 53.7 Å². The Morgan fingerprint density at radius 3 is 2.45 bits per heavy atom. The lowest BCUT2D eigenvalue weighted by molar-refractivity contribution is -0.139. The zero-order valence-electron chi connectivity index (χ0n) is 36.8. The number of piperidine rings is 3. The van der Waals surface area contributed by atoms with Crippen LogP contribution in [-0.2, 0) is 25.4 Å². The largest absolute Gasteiger partial charge is 0.479 e. The maximum absolute atomic E-state index is 14.0. The van der Waals surface area contributed by atoms with Crippen LogP contribution in [0, 0.1) is 6.92 Å². The zero-order chi connectivity index (χ0) is 47.1. The number of likely N-dealkylation sites (tertiary alicyclic amines) is 1. The number of sulfonamides is 1. The van der Waals surface area contributed by atoms with E-state index in [0.29, 0.717) is 60.5 Å². The van der Waals surface area contributed by atoms with Crippen LogP contribution >= 0.6 is 22.9 Å². The number of carboxylic acid groups (broad SMARTS) is 2. The van der Waals surface area contributed by atoms with E-state index in [-0.39, 0.29) is 57.9 Å². The normalized spacial score (nSPS) is 19.4. The molecule has 3 amide bonds. The van der Waals surface area contributed by atoms with E-state index in [1.807, 2.05) is 43.7 Å². The summed E-state index contributed by atoms with van der Waals surface area (Å²) in [7, 11) is -3.78. The number of fused-ring (bicyclic) bond motifs is 1. The summed E-state index contributed by atoms with van der Waals surface area (Å²) in [5.74, 6) is -2.83. The molecule has 5 N–H and O–H groups in total. The lowest BCUT2D eigenvalue weighted by Crippen LogP contribution is -2.55. The van der Waals surface area contributed by atoms with Crippen molar-refractivity contribution in [3.05, 3.63) is 106 Å². The summed E-state index contributed by atoms with van der Waals surface area (Å²) in [6.45, 7) is 10.3. The van der Waals surface area contributed by atoms with Crippen molar-refractivity contribution in [1.82, 2.24) is 24.3 Å².